The van der Waals surface area contributed by atoms with Crippen LogP contribution < -0.4 is 5.32 Å². The van der Waals surface area contributed by atoms with Gasteiger partial charge in [-0.05, 0) is 36.6 Å². The molecule has 6 nitrogen and oxygen atoms in total. The van der Waals surface area contributed by atoms with E-state index in [0.29, 0.717) is 5.69 Å². The highest BCUT2D eigenvalue weighted by molar-refractivity contribution is 5.93. The maximum absolute atomic E-state index is 12.8. The van der Waals surface area contributed by atoms with Crippen LogP contribution in [-0.4, -0.2) is 44.3 Å². The third kappa shape index (κ3) is 4.02. The lowest BCUT2D eigenvalue weighted by Crippen LogP contribution is -2.44. The minimum absolute atomic E-state index is 0.0445. The first kappa shape index (κ1) is 18.5. The first-order valence-electron chi connectivity index (χ1n) is 9.83. The zero-order valence-corrected chi connectivity index (χ0v) is 16.5. The Hall–Kier alpha value is -2.86. The number of piperidine rings is 1. The maximum Gasteiger partial charge on any atom is 0.269 e. The van der Waals surface area contributed by atoms with Gasteiger partial charge in [0.15, 0.2) is 0 Å². The number of hydrogen-bond acceptors (Lipinski definition) is 3. The third-order valence-corrected chi connectivity index (χ3v) is 5.49. The van der Waals surface area contributed by atoms with Crippen molar-refractivity contribution in [2.24, 2.45) is 14.1 Å². The van der Waals surface area contributed by atoms with Crippen molar-refractivity contribution in [3.8, 4) is 11.4 Å². The standard InChI is InChI=1S/C22H27N5O/c1-25-12-6-9-20(25)19-15-21(26(2)24-19)22(28)23-18-10-13-27(14-11-18)16-17-7-4-3-5-8-17/h3-9,12,15,18H,10-11,13-14,16H2,1-2H3,(H,23,28). The number of nitrogens with one attached hydrogen (secondary N) is 1. The van der Waals surface area contributed by atoms with Crippen LogP contribution in [0, 0.1) is 0 Å². The highest BCUT2D eigenvalue weighted by Gasteiger charge is 2.23. The molecule has 3 heterocycles. The fourth-order valence-electron chi connectivity index (χ4n) is 3.87. The van der Waals surface area contributed by atoms with Gasteiger partial charge in [-0.1, -0.05) is 30.3 Å². The van der Waals surface area contributed by atoms with Crippen LogP contribution in [-0.2, 0) is 20.6 Å². The van der Waals surface area contributed by atoms with E-state index in [1.54, 1.807) is 4.68 Å². The van der Waals surface area contributed by atoms with Gasteiger partial charge in [0.25, 0.3) is 5.91 Å². The van der Waals surface area contributed by atoms with Gasteiger partial charge in [0.2, 0.25) is 0 Å². The van der Waals surface area contributed by atoms with E-state index >= 15 is 0 Å². The van der Waals surface area contributed by atoms with E-state index in [9.17, 15) is 4.79 Å². The Labute approximate surface area is 165 Å². The number of rotatable bonds is 5. The van der Waals surface area contributed by atoms with Crippen LogP contribution in [0.25, 0.3) is 11.4 Å². The second kappa shape index (κ2) is 8.02. The molecule has 1 aromatic carbocycles. The minimum Gasteiger partial charge on any atom is -0.349 e. The quantitative estimate of drug-likeness (QED) is 0.744. The van der Waals surface area contributed by atoms with E-state index in [1.165, 1.54) is 5.56 Å². The SMILES string of the molecule is Cn1cccc1-c1cc(C(=O)NC2CCN(Cc3ccccc3)CC2)n(C)n1. The lowest BCUT2D eigenvalue weighted by molar-refractivity contribution is 0.0899. The van der Waals surface area contributed by atoms with Crippen LogP contribution in [0.4, 0.5) is 0 Å². The first-order valence-corrected chi connectivity index (χ1v) is 9.83. The van der Waals surface area contributed by atoms with Gasteiger partial charge in [0.05, 0.1) is 5.69 Å². The summed E-state index contributed by atoms with van der Waals surface area (Å²) >= 11 is 0. The van der Waals surface area contributed by atoms with Gasteiger partial charge >= 0.3 is 0 Å². The lowest BCUT2D eigenvalue weighted by Gasteiger charge is -2.32. The Balaban J connectivity index is 1.34. The maximum atomic E-state index is 12.8. The van der Waals surface area contributed by atoms with Gasteiger partial charge in [-0.3, -0.25) is 14.4 Å². The Morgan fingerprint density at radius 2 is 1.86 bits per heavy atom. The smallest absolute Gasteiger partial charge is 0.269 e. The summed E-state index contributed by atoms with van der Waals surface area (Å²) < 4.78 is 3.68. The van der Waals surface area contributed by atoms with Gasteiger partial charge < -0.3 is 9.88 Å². The Morgan fingerprint density at radius 1 is 1.11 bits per heavy atom. The molecule has 0 aliphatic carbocycles. The number of amides is 1. The topological polar surface area (TPSA) is 55.1 Å². The Kier molecular flexibility index (Phi) is 5.30. The molecular formula is C22H27N5O. The van der Waals surface area contributed by atoms with Crippen LogP contribution in [0.2, 0.25) is 0 Å². The summed E-state index contributed by atoms with van der Waals surface area (Å²) in [7, 11) is 3.80. The van der Waals surface area contributed by atoms with Crippen LogP contribution in [0.1, 0.15) is 28.9 Å². The molecule has 28 heavy (non-hydrogen) atoms. The average Bonchev–Trinajstić information content (AvgIpc) is 3.29. The summed E-state index contributed by atoms with van der Waals surface area (Å²) in [5.41, 5.74) is 3.76. The van der Waals surface area contributed by atoms with Gasteiger partial charge in [0.1, 0.15) is 11.4 Å². The van der Waals surface area contributed by atoms with Crippen molar-refractivity contribution >= 4 is 5.91 Å². The molecule has 0 atom stereocenters. The minimum atomic E-state index is -0.0445. The predicted molar refractivity (Wildman–Crippen MR) is 110 cm³/mol. The molecular weight excluding hydrogens is 350 g/mol. The largest absolute Gasteiger partial charge is 0.349 e. The average molecular weight is 377 g/mol. The molecule has 1 aliphatic heterocycles. The van der Waals surface area contributed by atoms with Crippen molar-refractivity contribution in [2.45, 2.75) is 25.4 Å². The number of aromatic nitrogens is 3. The van der Waals surface area contributed by atoms with Crippen molar-refractivity contribution in [3.05, 3.63) is 66.0 Å². The molecule has 6 heteroatoms. The zero-order valence-electron chi connectivity index (χ0n) is 16.5. The molecule has 3 aromatic rings. The normalized spacial score (nSPS) is 15.6. The highest BCUT2D eigenvalue weighted by atomic mass is 16.2. The van der Waals surface area contributed by atoms with Gasteiger partial charge in [-0.2, -0.15) is 5.10 Å². The molecule has 1 amide bonds. The van der Waals surface area contributed by atoms with Crippen LogP contribution in [0.5, 0.6) is 0 Å². The number of aryl methyl sites for hydroxylation is 2. The molecule has 0 unspecified atom stereocenters. The van der Waals surface area contributed by atoms with E-state index in [-0.39, 0.29) is 11.9 Å². The molecule has 2 aromatic heterocycles. The summed E-state index contributed by atoms with van der Waals surface area (Å²) in [6.45, 7) is 2.98. The summed E-state index contributed by atoms with van der Waals surface area (Å²) in [5, 5.41) is 7.71. The number of benzene rings is 1. The zero-order chi connectivity index (χ0) is 19.5. The van der Waals surface area contributed by atoms with E-state index in [2.05, 4.69) is 39.6 Å². The van der Waals surface area contributed by atoms with E-state index in [1.807, 2.05) is 49.1 Å². The Morgan fingerprint density at radius 3 is 2.54 bits per heavy atom. The number of carbonyl (C=O) groups is 1. The summed E-state index contributed by atoms with van der Waals surface area (Å²) in [6, 6.07) is 16.6. The first-order chi connectivity index (χ1) is 13.6. The Bertz CT molecular complexity index is 935. The number of carbonyl (C=O) groups excluding carboxylic acids is 1. The van der Waals surface area contributed by atoms with Gasteiger partial charge in [-0.15, -0.1) is 0 Å². The fraction of sp³-hybridized carbons (Fsp3) is 0.364. The van der Waals surface area contributed by atoms with E-state index < -0.39 is 0 Å². The highest BCUT2D eigenvalue weighted by Crippen LogP contribution is 2.19. The molecule has 1 fully saturated rings. The molecule has 146 valence electrons. The van der Waals surface area contributed by atoms with Crippen LogP contribution in [0.3, 0.4) is 0 Å². The molecule has 0 saturated carbocycles. The number of nitrogens with zero attached hydrogens (tertiary/aromatic N) is 4. The van der Waals surface area contributed by atoms with Crippen molar-refractivity contribution in [2.75, 3.05) is 13.1 Å². The number of hydrogen-bond donors (Lipinski definition) is 1. The second-order valence-corrected chi connectivity index (χ2v) is 7.55. The van der Waals surface area contributed by atoms with Crippen molar-refractivity contribution in [1.29, 1.82) is 0 Å². The molecule has 1 aliphatic rings. The monoisotopic (exact) mass is 377 g/mol. The lowest BCUT2D eigenvalue weighted by atomic mass is 10.0. The molecule has 0 bridgehead atoms. The fourth-order valence-corrected chi connectivity index (χ4v) is 3.87. The van der Waals surface area contributed by atoms with E-state index in [0.717, 1.165) is 43.9 Å². The molecule has 1 saturated heterocycles. The van der Waals surface area contributed by atoms with Crippen molar-refractivity contribution < 1.29 is 4.79 Å². The van der Waals surface area contributed by atoms with Crippen molar-refractivity contribution in [3.63, 3.8) is 0 Å². The van der Waals surface area contributed by atoms with Gasteiger partial charge in [0, 0.05) is 46.0 Å². The van der Waals surface area contributed by atoms with Gasteiger partial charge in [-0.25, -0.2) is 0 Å². The van der Waals surface area contributed by atoms with Crippen LogP contribution in [0.15, 0.2) is 54.7 Å². The molecule has 4 rings (SSSR count). The number of likely N-dealkylation sites (tertiary alicyclic amines) is 1. The molecule has 1 N–H and O–H groups in total. The van der Waals surface area contributed by atoms with Crippen LogP contribution >= 0.6 is 0 Å². The summed E-state index contributed by atoms with van der Waals surface area (Å²) in [6.07, 6.45) is 3.93. The van der Waals surface area contributed by atoms with Crippen molar-refractivity contribution in [1.82, 2.24) is 24.6 Å². The molecule has 0 spiro atoms. The second-order valence-electron chi connectivity index (χ2n) is 7.55. The summed E-state index contributed by atoms with van der Waals surface area (Å²) in [5.74, 6) is -0.0445. The predicted octanol–water partition coefficient (Wildman–Crippen LogP) is 2.82. The third-order valence-electron chi connectivity index (χ3n) is 5.49. The van der Waals surface area contributed by atoms with E-state index in [4.69, 9.17) is 0 Å². The molecule has 0 radical (unpaired) electrons. The summed E-state index contributed by atoms with van der Waals surface area (Å²) in [4.78, 5) is 15.2.